The molecule has 1 amide bonds. The highest BCUT2D eigenvalue weighted by Crippen LogP contribution is 2.21. The molecule has 31 heavy (non-hydrogen) atoms. The van der Waals surface area contributed by atoms with Gasteiger partial charge in [0.05, 0.1) is 11.4 Å². The molecular weight excluding hydrogens is 406 g/mol. The molecule has 2 aromatic carbocycles. The number of benzene rings is 2. The molecule has 2 heterocycles. The number of carbonyl (C=O) groups excluding carboxylic acids is 1. The second-order valence-electron chi connectivity index (χ2n) is 7.16. The fraction of sp³-hybridized carbons (Fsp3) is 0.160. The summed E-state index contributed by atoms with van der Waals surface area (Å²) in [6, 6.07) is 26.8. The molecule has 5 nitrogen and oxygen atoms in total. The summed E-state index contributed by atoms with van der Waals surface area (Å²) in [5, 5.41) is 6.45. The van der Waals surface area contributed by atoms with E-state index in [1.807, 2.05) is 78.2 Å². The van der Waals surface area contributed by atoms with Gasteiger partial charge in [0.25, 0.3) is 5.56 Å². The molecule has 0 saturated carbocycles. The van der Waals surface area contributed by atoms with Crippen molar-refractivity contribution in [3.63, 3.8) is 0 Å². The van der Waals surface area contributed by atoms with Crippen LogP contribution in [0.4, 0.5) is 5.69 Å². The highest BCUT2D eigenvalue weighted by atomic mass is 32.1. The molecule has 0 saturated heterocycles. The number of anilines is 1. The topological polar surface area (TPSA) is 55.2 Å². The van der Waals surface area contributed by atoms with Crippen LogP contribution in [-0.4, -0.2) is 15.7 Å². The second kappa shape index (κ2) is 10.00. The Bertz CT molecular complexity index is 1170. The predicted molar refractivity (Wildman–Crippen MR) is 125 cm³/mol. The molecule has 0 aliphatic heterocycles. The lowest BCUT2D eigenvalue weighted by atomic mass is 10.1. The molecular formula is C25H23N3O2S. The minimum Gasteiger partial charge on any atom is -0.308 e. The molecule has 0 bridgehead atoms. The van der Waals surface area contributed by atoms with Crippen LogP contribution in [0.2, 0.25) is 0 Å². The highest BCUT2D eigenvalue weighted by molar-refractivity contribution is 7.13. The van der Waals surface area contributed by atoms with Gasteiger partial charge >= 0.3 is 0 Å². The summed E-state index contributed by atoms with van der Waals surface area (Å²) < 4.78 is 1.45. The summed E-state index contributed by atoms with van der Waals surface area (Å²) in [6.07, 6.45) is 0.872. The standard InChI is InChI=1S/C25H23N3O2S/c29-24(27(21-11-5-2-6-12-21)19-20-9-3-1-4-10-20)14-7-17-28-25(30)16-15-22(26-28)23-13-8-18-31-23/h1-6,8-13,15-16,18H,7,14,17,19H2. The van der Waals surface area contributed by atoms with Crippen molar-refractivity contribution in [2.24, 2.45) is 0 Å². The largest absolute Gasteiger partial charge is 0.308 e. The summed E-state index contributed by atoms with van der Waals surface area (Å²) in [7, 11) is 0. The van der Waals surface area contributed by atoms with Crippen molar-refractivity contribution in [3.05, 3.63) is 106 Å². The Kier molecular flexibility index (Phi) is 6.69. The van der Waals surface area contributed by atoms with E-state index in [2.05, 4.69) is 5.10 Å². The Morgan fingerprint density at radius 1 is 0.903 bits per heavy atom. The molecule has 0 fully saturated rings. The second-order valence-corrected chi connectivity index (χ2v) is 8.11. The maximum absolute atomic E-state index is 13.1. The Balaban J connectivity index is 1.45. The van der Waals surface area contributed by atoms with Crippen LogP contribution < -0.4 is 10.5 Å². The van der Waals surface area contributed by atoms with Gasteiger partial charge in [-0.15, -0.1) is 11.3 Å². The molecule has 4 rings (SSSR count). The van der Waals surface area contributed by atoms with Crippen molar-refractivity contribution in [2.75, 3.05) is 4.90 Å². The number of aryl methyl sites for hydroxylation is 1. The minimum absolute atomic E-state index is 0.0255. The number of carbonyl (C=O) groups is 1. The van der Waals surface area contributed by atoms with Crippen molar-refractivity contribution < 1.29 is 4.79 Å². The highest BCUT2D eigenvalue weighted by Gasteiger charge is 2.16. The summed E-state index contributed by atoms with van der Waals surface area (Å²) in [6.45, 7) is 0.910. The van der Waals surface area contributed by atoms with E-state index < -0.39 is 0 Å². The van der Waals surface area contributed by atoms with Gasteiger partial charge < -0.3 is 4.90 Å². The molecule has 156 valence electrons. The van der Waals surface area contributed by atoms with Gasteiger partial charge in [-0.2, -0.15) is 5.10 Å². The van der Waals surface area contributed by atoms with Crippen molar-refractivity contribution in [1.82, 2.24) is 9.78 Å². The Labute approximate surface area is 185 Å². The van der Waals surface area contributed by atoms with Gasteiger partial charge in [0.15, 0.2) is 0 Å². The van der Waals surface area contributed by atoms with Crippen LogP contribution in [-0.2, 0) is 17.9 Å². The van der Waals surface area contributed by atoms with Gasteiger partial charge in [-0.3, -0.25) is 9.59 Å². The maximum Gasteiger partial charge on any atom is 0.266 e. The number of hydrogen-bond acceptors (Lipinski definition) is 4. The van der Waals surface area contributed by atoms with E-state index in [0.29, 0.717) is 25.9 Å². The molecule has 2 aromatic heterocycles. The Hall–Kier alpha value is -3.51. The van der Waals surface area contributed by atoms with Gasteiger partial charge in [-0.05, 0) is 41.6 Å². The average Bonchev–Trinajstić information content (AvgIpc) is 3.35. The van der Waals surface area contributed by atoms with Crippen LogP contribution in [0.15, 0.2) is 95.1 Å². The van der Waals surface area contributed by atoms with Crippen molar-refractivity contribution >= 4 is 22.9 Å². The van der Waals surface area contributed by atoms with Gasteiger partial charge in [0.1, 0.15) is 5.69 Å². The van der Waals surface area contributed by atoms with Crippen LogP contribution in [0.5, 0.6) is 0 Å². The number of nitrogens with zero attached hydrogens (tertiary/aromatic N) is 3. The van der Waals surface area contributed by atoms with Crippen LogP contribution in [0, 0.1) is 0 Å². The van der Waals surface area contributed by atoms with Crippen LogP contribution in [0.25, 0.3) is 10.6 Å². The lowest BCUT2D eigenvalue weighted by molar-refractivity contribution is -0.118. The van der Waals surface area contributed by atoms with Gasteiger partial charge in [-0.25, -0.2) is 4.68 Å². The summed E-state index contributed by atoms with van der Waals surface area (Å²) in [4.78, 5) is 28.1. The zero-order chi connectivity index (χ0) is 21.5. The number of amides is 1. The normalized spacial score (nSPS) is 10.7. The lowest BCUT2D eigenvalue weighted by Crippen LogP contribution is -2.31. The van der Waals surface area contributed by atoms with E-state index in [1.165, 1.54) is 10.7 Å². The molecule has 0 aliphatic rings. The molecule has 0 aliphatic carbocycles. The van der Waals surface area contributed by atoms with Crippen molar-refractivity contribution in [2.45, 2.75) is 25.9 Å². The zero-order valence-electron chi connectivity index (χ0n) is 17.1. The van der Waals surface area contributed by atoms with E-state index in [-0.39, 0.29) is 11.5 Å². The van der Waals surface area contributed by atoms with Gasteiger partial charge in [0.2, 0.25) is 5.91 Å². The number of rotatable bonds is 8. The predicted octanol–water partition coefficient (Wildman–Crippen LogP) is 4.99. The zero-order valence-corrected chi connectivity index (χ0v) is 17.9. The lowest BCUT2D eigenvalue weighted by Gasteiger charge is -2.23. The third kappa shape index (κ3) is 5.35. The molecule has 0 N–H and O–H groups in total. The van der Waals surface area contributed by atoms with Crippen molar-refractivity contribution in [1.29, 1.82) is 0 Å². The molecule has 0 unspecified atom stereocenters. The first-order valence-corrected chi connectivity index (χ1v) is 11.1. The van der Waals surface area contributed by atoms with Gasteiger partial charge in [-0.1, -0.05) is 54.6 Å². The maximum atomic E-state index is 13.1. The minimum atomic E-state index is -0.156. The molecule has 6 heteroatoms. The summed E-state index contributed by atoms with van der Waals surface area (Å²) in [5.41, 5.74) is 2.56. The smallest absolute Gasteiger partial charge is 0.266 e. The van der Waals surface area contributed by atoms with Crippen molar-refractivity contribution in [3.8, 4) is 10.6 Å². The van der Waals surface area contributed by atoms with Crippen LogP contribution >= 0.6 is 11.3 Å². The third-order valence-corrected chi connectivity index (χ3v) is 5.85. The number of para-hydroxylation sites is 1. The van der Waals surface area contributed by atoms with Gasteiger partial charge in [0, 0.05) is 24.7 Å². The quantitative estimate of drug-likeness (QED) is 0.397. The molecule has 0 atom stereocenters. The van der Waals surface area contributed by atoms with E-state index in [0.717, 1.165) is 21.8 Å². The first kappa shape index (κ1) is 20.8. The monoisotopic (exact) mass is 429 g/mol. The average molecular weight is 430 g/mol. The molecule has 0 spiro atoms. The first-order chi connectivity index (χ1) is 15.2. The Morgan fingerprint density at radius 3 is 2.35 bits per heavy atom. The van der Waals surface area contributed by atoms with E-state index >= 15 is 0 Å². The number of hydrogen-bond donors (Lipinski definition) is 0. The fourth-order valence-corrected chi connectivity index (χ4v) is 4.07. The SMILES string of the molecule is O=C(CCCn1nc(-c2cccs2)ccc1=O)N(Cc1ccccc1)c1ccccc1. The fourth-order valence-electron chi connectivity index (χ4n) is 3.38. The van der Waals surface area contributed by atoms with E-state index in [9.17, 15) is 9.59 Å². The van der Waals surface area contributed by atoms with Crippen LogP contribution in [0.3, 0.4) is 0 Å². The Morgan fingerprint density at radius 2 is 1.65 bits per heavy atom. The first-order valence-electron chi connectivity index (χ1n) is 10.2. The van der Waals surface area contributed by atoms with E-state index in [1.54, 1.807) is 22.3 Å². The number of thiophene rings is 1. The third-order valence-electron chi connectivity index (χ3n) is 4.95. The molecule has 0 radical (unpaired) electrons. The summed E-state index contributed by atoms with van der Waals surface area (Å²) >= 11 is 1.58. The summed E-state index contributed by atoms with van der Waals surface area (Å²) in [5.74, 6) is 0.0255. The number of aromatic nitrogens is 2. The molecule has 4 aromatic rings. The van der Waals surface area contributed by atoms with E-state index in [4.69, 9.17) is 0 Å². The van der Waals surface area contributed by atoms with Crippen LogP contribution in [0.1, 0.15) is 18.4 Å².